The average Bonchev–Trinajstić information content (AvgIpc) is 2.79. The molecule has 2 atom stereocenters. The van der Waals surface area contributed by atoms with Gasteiger partial charge in [-0.2, -0.15) is 0 Å². The van der Waals surface area contributed by atoms with Crippen molar-refractivity contribution in [1.29, 1.82) is 0 Å². The first-order valence-corrected chi connectivity index (χ1v) is 15.3. The molecule has 7 heteroatoms. The molecule has 3 aromatic carbocycles. The van der Waals surface area contributed by atoms with Crippen molar-refractivity contribution in [3.63, 3.8) is 0 Å². The maximum absolute atomic E-state index is 11.4. The number of rotatable bonds is 8. The molecule has 0 amide bonds. The molecule has 1 aliphatic rings. The molecule has 1 N–H and O–H groups in total. The standard InChI is InChI=1S/C25H30AsN3O2S/c1-32(30,31)27-23-14-12-22(13-15-23)26-18-25-20-28(19-21-8-4-2-5-9-21)16-17-29(25)24-10-6-3-7-11-24/h2-15,25-27H,16-20H2,1H3. The van der Waals surface area contributed by atoms with E-state index < -0.39 is 10.0 Å². The van der Waals surface area contributed by atoms with E-state index in [1.165, 1.54) is 27.1 Å². The monoisotopic (exact) mass is 511 g/mol. The van der Waals surface area contributed by atoms with Gasteiger partial charge in [0.1, 0.15) is 0 Å². The second-order valence-corrected chi connectivity index (χ2v) is 12.8. The van der Waals surface area contributed by atoms with Gasteiger partial charge in [0, 0.05) is 0 Å². The van der Waals surface area contributed by atoms with Crippen molar-refractivity contribution in [1.82, 2.24) is 4.90 Å². The zero-order valence-corrected chi connectivity index (χ0v) is 21.2. The van der Waals surface area contributed by atoms with Crippen LogP contribution in [0.5, 0.6) is 0 Å². The average molecular weight is 512 g/mol. The summed E-state index contributed by atoms with van der Waals surface area (Å²) in [5, 5.41) is 1.17. The van der Waals surface area contributed by atoms with Crippen LogP contribution in [0, 0.1) is 0 Å². The molecule has 168 valence electrons. The maximum atomic E-state index is 11.4. The van der Waals surface area contributed by atoms with Gasteiger partial charge < -0.3 is 0 Å². The van der Waals surface area contributed by atoms with Crippen LogP contribution in [-0.2, 0) is 16.6 Å². The molecule has 1 heterocycles. The van der Waals surface area contributed by atoms with Gasteiger partial charge in [0.15, 0.2) is 0 Å². The number of sulfonamides is 1. The number of anilines is 2. The molecular formula is C25H30AsN3O2S. The van der Waals surface area contributed by atoms with Crippen LogP contribution in [0.2, 0.25) is 5.21 Å². The van der Waals surface area contributed by atoms with Crippen molar-refractivity contribution in [2.75, 3.05) is 35.5 Å². The van der Waals surface area contributed by atoms with Gasteiger partial charge >= 0.3 is 199 Å². The van der Waals surface area contributed by atoms with Gasteiger partial charge in [-0.1, -0.05) is 0 Å². The van der Waals surface area contributed by atoms with Gasteiger partial charge in [0.2, 0.25) is 0 Å². The van der Waals surface area contributed by atoms with E-state index >= 15 is 0 Å². The summed E-state index contributed by atoms with van der Waals surface area (Å²) in [6.45, 7) is 4.14. The molecule has 0 bridgehead atoms. The van der Waals surface area contributed by atoms with E-state index in [1.807, 2.05) is 12.1 Å². The molecule has 3 aromatic rings. The van der Waals surface area contributed by atoms with E-state index in [0.29, 0.717) is 11.7 Å². The van der Waals surface area contributed by atoms with Crippen LogP contribution >= 0.6 is 0 Å². The predicted molar refractivity (Wildman–Crippen MR) is 136 cm³/mol. The van der Waals surface area contributed by atoms with Crippen LogP contribution in [-0.4, -0.2) is 61.0 Å². The molecule has 2 unspecified atom stereocenters. The first-order chi connectivity index (χ1) is 15.5. The first kappa shape index (κ1) is 22.9. The minimum atomic E-state index is -3.24. The third kappa shape index (κ3) is 6.61. The van der Waals surface area contributed by atoms with Crippen LogP contribution in [0.3, 0.4) is 0 Å². The van der Waals surface area contributed by atoms with Crippen molar-refractivity contribution >= 4 is 41.5 Å². The summed E-state index contributed by atoms with van der Waals surface area (Å²) in [5.41, 5.74) is 3.29. The number of benzene rings is 3. The topological polar surface area (TPSA) is 52.7 Å². The summed E-state index contributed by atoms with van der Waals surface area (Å²) < 4.78 is 26.8. The fourth-order valence-electron chi connectivity index (χ4n) is 4.14. The second-order valence-electron chi connectivity index (χ2n) is 8.24. The molecule has 5 nitrogen and oxygen atoms in total. The quantitative estimate of drug-likeness (QED) is 0.473. The van der Waals surface area contributed by atoms with Gasteiger partial charge in [-0.25, -0.2) is 0 Å². The van der Waals surface area contributed by atoms with E-state index in [2.05, 4.69) is 87.3 Å². The molecule has 1 saturated heterocycles. The number of hydrogen-bond acceptors (Lipinski definition) is 4. The van der Waals surface area contributed by atoms with E-state index in [1.54, 1.807) is 0 Å². The summed E-state index contributed by atoms with van der Waals surface area (Å²) in [6.07, 6.45) is 1.18. The Morgan fingerprint density at radius 1 is 0.906 bits per heavy atom. The fraction of sp³-hybridized carbons (Fsp3) is 0.280. The van der Waals surface area contributed by atoms with Gasteiger partial charge in [-0.05, 0) is 0 Å². The Balaban J connectivity index is 1.44. The number of hydrogen-bond donors (Lipinski definition) is 1. The zero-order valence-electron chi connectivity index (χ0n) is 18.3. The Kier molecular flexibility index (Phi) is 7.56. The fourth-order valence-corrected chi connectivity index (χ4v) is 7.28. The van der Waals surface area contributed by atoms with Crippen molar-refractivity contribution in [3.05, 3.63) is 90.5 Å². The Bertz CT molecular complexity index is 1090. The van der Waals surface area contributed by atoms with Crippen molar-refractivity contribution < 1.29 is 8.42 Å². The number of para-hydroxylation sites is 1. The second kappa shape index (κ2) is 10.6. The Morgan fingerprint density at radius 2 is 1.56 bits per heavy atom. The van der Waals surface area contributed by atoms with Gasteiger partial charge in [0.05, 0.1) is 0 Å². The Morgan fingerprint density at radius 3 is 2.22 bits per heavy atom. The van der Waals surface area contributed by atoms with Crippen LogP contribution in [0.4, 0.5) is 11.4 Å². The van der Waals surface area contributed by atoms with Gasteiger partial charge in [0.25, 0.3) is 0 Å². The summed E-state index contributed by atoms with van der Waals surface area (Å²) in [6, 6.07) is 29.8. The molecule has 1 fully saturated rings. The van der Waals surface area contributed by atoms with Gasteiger partial charge in [-0.3, -0.25) is 0 Å². The van der Waals surface area contributed by atoms with Crippen molar-refractivity contribution in [2.45, 2.75) is 17.8 Å². The van der Waals surface area contributed by atoms with Crippen molar-refractivity contribution in [2.24, 2.45) is 0 Å². The Labute approximate surface area is 198 Å². The van der Waals surface area contributed by atoms with Crippen molar-refractivity contribution in [3.8, 4) is 0 Å². The molecule has 0 saturated carbocycles. The SMILES string of the molecule is CS(=O)(=O)Nc1ccc([AsH]CC2CN(Cc3ccccc3)CCN2c2ccccc2)cc1. The summed E-state index contributed by atoms with van der Waals surface area (Å²) in [7, 11) is -3.24. The number of nitrogens with one attached hydrogen (secondary N) is 1. The zero-order chi connectivity index (χ0) is 22.4. The summed E-state index contributed by atoms with van der Waals surface area (Å²) >= 11 is -0.345. The molecule has 0 radical (unpaired) electrons. The number of nitrogens with zero attached hydrogens (tertiary/aromatic N) is 2. The summed E-state index contributed by atoms with van der Waals surface area (Å²) in [4.78, 5) is 5.15. The molecule has 0 aromatic heterocycles. The van der Waals surface area contributed by atoms with E-state index in [-0.39, 0.29) is 15.8 Å². The van der Waals surface area contributed by atoms with E-state index in [9.17, 15) is 8.42 Å². The molecule has 0 aliphatic carbocycles. The van der Waals surface area contributed by atoms with Crippen LogP contribution in [0.15, 0.2) is 84.9 Å². The Hall–Kier alpha value is -2.27. The van der Waals surface area contributed by atoms with Crippen LogP contribution in [0.25, 0.3) is 0 Å². The van der Waals surface area contributed by atoms with E-state index in [0.717, 1.165) is 26.2 Å². The van der Waals surface area contributed by atoms with Crippen LogP contribution in [0.1, 0.15) is 5.56 Å². The van der Waals surface area contributed by atoms with E-state index in [4.69, 9.17) is 0 Å². The molecule has 32 heavy (non-hydrogen) atoms. The first-order valence-electron chi connectivity index (χ1n) is 10.9. The van der Waals surface area contributed by atoms with Crippen LogP contribution < -0.4 is 14.0 Å². The third-order valence-electron chi connectivity index (χ3n) is 5.63. The molecule has 0 spiro atoms. The predicted octanol–water partition coefficient (Wildman–Crippen LogP) is 2.93. The molecule has 4 rings (SSSR count). The summed E-state index contributed by atoms with van der Waals surface area (Å²) in [5.74, 6) is 0. The normalized spacial score (nSPS) is 17.7. The number of piperazine rings is 1. The molecular weight excluding hydrogens is 481 g/mol. The minimum absolute atomic E-state index is 0.345. The molecule has 1 aliphatic heterocycles. The third-order valence-corrected chi connectivity index (χ3v) is 9.21. The van der Waals surface area contributed by atoms with Gasteiger partial charge in [-0.15, -0.1) is 0 Å².